The van der Waals surface area contributed by atoms with Gasteiger partial charge >= 0.3 is 5.97 Å². The first-order chi connectivity index (χ1) is 13.2. The van der Waals surface area contributed by atoms with Crippen molar-refractivity contribution in [3.8, 4) is 16.3 Å². The molecule has 0 saturated carbocycles. The maximum Gasteiger partial charge on any atom is 0.340 e. The fraction of sp³-hybridized carbons (Fsp3) is 0.350. The third-order valence-electron chi connectivity index (χ3n) is 4.25. The Morgan fingerprint density at radius 2 is 2.04 bits per heavy atom. The minimum atomic E-state index is -1.28. The topological polar surface area (TPSA) is 110 Å². The Morgan fingerprint density at radius 1 is 1.32 bits per heavy atom. The number of thiazole rings is 1. The molecule has 2 aromatic heterocycles. The molecule has 3 aromatic rings. The van der Waals surface area contributed by atoms with Crippen LogP contribution in [0.15, 0.2) is 26.7 Å². The van der Waals surface area contributed by atoms with E-state index in [9.17, 15) is 19.8 Å². The van der Waals surface area contributed by atoms with E-state index in [0.717, 1.165) is 5.69 Å². The molecule has 1 aromatic carbocycles. The molecule has 0 aliphatic rings. The number of hydrogen-bond donors (Lipinski definition) is 2. The Bertz CT molecular complexity index is 1100. The molecule has 0 radical (unpaired) electrons. The molecular weight excluding hydrogens is 382 g/mol. The van der Waals surface area contributed by atoms with Crippen molar-refractivity contribution in [2.75, 3.05) is 0 Å². The van der Waals surface area contributed by atoms with Gasteiger partial charge in [0, 0.05) is 17.1 Å². The van der Waals surface area contributed by atoms with Gasteiger partial charge in [-0.1, -0.05) is 6.92 Å². The number of aliphatic hydroxyl groups is 2. The number of carbonyl (C=O) groups is 1. The second kappa shape index (κ2) is 7.83. The minimum absolute atomic E-state index is 0.101. The first-order valence-electron chi connectivity index (χ1n) is 8.86. The number of rotatable bonds is 5. The van der Waals surface area contributed by atoms with Gasteiger partial charge in [0.05, 0.1) is 10.9 Å². The van der Waals surface area contributed by atoms with Gasteiger partial charge in [-0.15, -0.1) is 11.3 Å². The van der Waals surface area contributed by atoms with E-state index in [1.54, 1.807) is 6.07 Å². The molecule has 28 heavy (non-hydrogen) atoms. The zero-order valence-corrected chi connectivity index (χ0v) is 16.8. The summed E-state index contributed by atoms with van der Waals surface area (Å²) in [6.45, 7) is 6.49. The van der Waals surface area contributed by atoms with Crippen LogP contribution < -0.4 is 10.2 Å². The molecule has 0 bridgehead atoms. The Kier molecular flexibility index (Phi) is 5.64. The number of nitrogens with zero attached hydrogens (tertiary/aromatic N) is 1. The van der Waals surface area contributed by atoms with Crippen LogP contribution in [0.4, 0.5) is 0 Å². The van der Waals surface area contributed by atoms with Crippen LogP contribution in [0.2, 0.25) is 0 Å². The van der Waals surface area contributed by atoms with Crippen LogP contribution in [0.5, 0.6) is 5.75 Å². The molecule has 0 saturated heterocycles. The molecular formula is C20H21NO6S. The van der Waals surface area contributed by atoms with E-state index in [1.165, 1.54) is 31.3 Å². The van der Waals surface area contributed by atoms with Crippen LogP contribution in [-0.4, -0.2) is 27.3 Å². The number of benzene rings is 1. The van der Waals surface area contributed by atoms with E-state index in [4.69, 9.17) is 9.15 Å². The molecule has 0 aliphatic heterocycles. The van der Waals surface area contributed by atoms with Gasteiger partial charge in [-0.2, -0.15) is 0 Å². The van der Waals surface area contributed by atoms with Gasteiger partial charge in [0.1, 0.15) is 34.3 Å². The number of aryl methyl sites for hydroxylation is 2. The van der Waals surface area contributed by atoms with E-state index < -0.39 is 18.2 Å². The second-order valence-electron chi connectivity index (χ2n) is 6.55. The van der Waals surface area contributed by atoms with Crippen LogP contribution in [0.25, 0.3) is 21.5 Å². The summed E-state index contributed by atoms with van der Waals surface area (Å²) in [6.07, 6.45) is -1.82. The van der Waals surface area contributed by atoms with Gasteiger partial charge in [0.2, 0.25) is 5.43 Å². The normalized spacial score (nSPS) is 13.5. The van der Waals surface area contributed by atoms with Crippen molar-refractivity contribution in [3.63, 3.8) is 0 Å². The molecule has 0 aliphatic carbocycles. The van der Waals surface area contributed by atoms with Crippen molar-refractivity contribution in [1.29, 1.82) is 0 Å². The van der Waals surface area contributed by atoms with Gasteiger partial charge in [0.15, 0.2) is 0 Å². The van der Waals surface area contributed by atoms with Gasteiger partial charge < -0.3 is 19.4 Å². The third kappa shape index (κ3) is 3.71. The summed E-state index contributed by atoms with van der Waals surface area (Å²) in [5.74, 6) is -0.496. The largest absolute Gasteiger partial charge is 0.457 e. The summed E-state index contributed by atoms with van der Waals surface area (Å²) in [5, 5.41) is 22.2. The molecule has 2 heterocycles. The van der Waals surface area contributed by atoms with Crippen molar-refractivity contribution < 1.29 is 24.2 Å². The van der Waals surface area contributed by atoms with E-state index in [0.29, 0.717) is 22.4 Å². The number of hydrogen-bond acceptors (Lipinski definition) is 8. The van der Waals surface area contributed by atoms with Crippen molar-refractivity contribution >= 4 is 28.3 Å². The molecule has 7 nitrogen and oxygen atoms in total. The monoisotopic (exact) mass is 403 g/mol. The Labute approximate surface area is 165 Å². The molecule has 0 spiro atoms. The van der Waals surface area contributed by atoms with Crippen LogP contribution in [0.1, 0.15) is 43.9 Å². The van der Waals surface area contributed by atoms with Crippen molar-refractivity contribution in [2.24, 2.45) is 0 Å². The average molecular weight is 403 g/mol. The van der Waals surface area contributed by atoms with Crippen LogP contribution in [-0.2, 0) is 11.2 Å². The summed E-state index contributed by atoms with van der Waals surface area (Å²) in [4.78, 5) is 29.4. The number of ether oxygens (including phenoxy) is 1. The van der Waals surface area contributed by atoms with E-state index in [-0.39, 0.29) is 28.1 Å². The van der Waals surface area contributed by atoms with E-state index in [1.807, 2.05) is 19.2 Å². The van der Waals surface area contributed by atoms with Crippen molar-refractivity contribution in [2.45, 2.75) is 46.3 Å². The van der Waals surface area contributed by atoms with Crippen LogP contribution in [0, 0.1) is 6.92 Å². The maximum atomic E-state index is 13.2. The number of aromatic nitrogens is 1. The van der Waals surface area contributed by atoms with Gasteiger partial charge in [-0.3, -0.25) is 4.79 Å². The van der Waals surface area contributed by atoms with E-state index in [2.05, 4.69) is 4.98 Å². The zero-order valence-electron chi connectivity index (χ0n) is 16.0. The average Bonchev–Trinajstić information content (AvgIpc) is 3.06. The lowest BCUT2D eigenvalue weighted by atomic mass is 10.0. The summed E-state index contributed by atoms with van der Waals surface area (Å²) in [6, 6.07) is 3.06. The fourth-order valence-corrected chi connectivity index (χ4v) is 3.66. The zero-order chi connectivity index (χ0) is 20.6. The first kappa shape index (κ1) is 20.2. The highest BCUT2D eigenvalue weighted by Crippen LogP contribution is 2.33. The number of carbonyl (C=O) groups excluding carboxylic acids is 1. The molecule has 0 unspecified atom stereocenters. The maximum absolute atomic E-state index is 13.2. The summed E-state index contributed by atoms with van der Waals surface area (Å²) in [5.41, 5.74) is 1.50. The van der Waals surface area contributed by atoms with E-state index >= 15 is 0 Å². The lowest BCUT2D eigenvalue weighted by Crippen LogP contribution is -2.22. The minimum Gasteiger partial charge on any atom is -0.457 e. The second-order valence-corrected chi connectivity index (χ2v) is 7.41. The molecule has 2 atom stereocenters. The molecule has 2 N–H and O–H groups in total. The molecule has 148 valence electrons. The van der Waals surface area contributed by atoms with Crippen molar-refractivity contribution in [1.82, 2.24) is 4.98 Å². The Morgan fingerprint density at radius 3 is 2.57 bits per heavy atom. The predicted octanol–water partition coefficient (Wildman–Crippen LogP) is 3.13. The number of esters is 1. The van der Waals surface area contributed by atoms with Crippen LogP contribution in [0.3, 0.4) is 0 Å². The SMILES string of the molecule is CCc1cc2c(=O)c(-c3nc(C)cs3)c([C@H](C)O)oc2cc1OC(=O)[C@@H](C)O. The highest BCUT2D eigenvalue weighted by atomic mass is 32.1. The summed E-state index contributed by atoms with van der Waals surface area (Å²) in [7, 11) is 0. The molecule has 0 fully saturated rings. The van der Waals surface area contributed by atoms with Crippen molar-refractivity contribution in [3.05, 3.63) is 44.8 Å². The van der Waals surface area contributed by atoms with Gasteiger partial charge in [-0.25, -0.2) is 9.78 Å². The number of fused-ring (bicyclic) bond motifs is 1. The lowest BCUT2D eigenvalue weighted by Gasteiger charge is -2.14. The highest BCUT2D eigenvalue weighted by molar-refractivity contribution is 7.13. The molecule has 0 amide bonds. The lowest BCUT2D eigenvalue weighted by molar-refractivity contribution is -0.142. The third-order valence-corrected chi connectivity index (χ3v) is 5.22. The Balaban J connectivity index is 2.28. The van der Waals surface area contributed by atoms with Crippen LogP contribution >= 0.6 is 11.3 Å². The van der Waals surface area contributed by atoms with Gasteiger partial charge in [-0.05, 0) is 38.8 Å². The highest BCUT2D eigenvalue weighted by Gasteiger charge is 2.23. The molecule has 8 heteroatoms. The first-order valence-corrected chi connectivity index (χ1v) is 9.74. The predicted molar refractivity (Wildman–Crippen MR) is 106 cm³/mol. The summed E-state index contributed by atoms with van der Waals surface area (Å²) < 4.78 is 11.1. The quantitative estimate of drug-likeness (QED) is 0.497. The molecule has 3 rings (SSSR count). The fourth-order valence-electron chi connectivity index (χ4n) is 2.81. The smallest absolute Gasteiger partial charge is 0.340 e. The summed E-state index contributed by atoms with van der Waals surface area (Å²) >= 11 is 1.30. The number of aliphatic hydroxyl groups excluding tert-OH is 2. The Hall–Kier alpha value is -2.55. The van der Waals surface area contributed by atoms with Gasteiger partial charge in [0.25, 0.3) is 0 Å². The standard InChI is InChI=1S/C20H21NO6S/c1-5-12-6-13-15(7-14(12)27-20(25)11(4)23)26-18(10(3)22)16(17(13)24)19-21-9(2)8-28-19/h6-8,10-11,22-23H,5H2,1-4H3/t10-,11+/m0/s1.